The minimum absolute atomic E-state index is 0.0903. The molecule has 6 heterocycles. The number of carbonyl (C=O) groups is 1. The molecule has 0 saturated heterocycles. The summed E-state index contributed by atoms with van der Waals surface area (Å²) in [6.07, 6.45) is 11.7. The number of hydrogen-bond acceptors (Lipinski definition) is 7. The van der Waals surface area contributed by atoms with Gasteiger partial charge in [-0.2, -0.15) is 5.10 Å². The topological polar surface area (TPSA) is 138 Å². The summed E-state index contributed by atoms with van der Waals surface area (Å²) in [6, 6.07) is 7.17. The minimum Gasteiger partial charge on any atom is -0.336 e. The van der Waals surface area contributed by atoms with Gasteiger partial charge in [-0.25, -0.2) is 9.37 Å². The number of nitrogens with one attached hydrogen (secondary N) is 3. The predicted molar refractivity (Wildman–Crippen MR) is 141 cm³/mol. The number of rotatable bonds is 7. The van der Waals surface area contributed by atoms with Gasteiger partial charge in [0.25, 0.3) is 0 Å². The number of imidazole rings is 1. The number of aromatic nitrogens is 8. The van der Waals surface area contributed by atoms with Crippen molar-refractivity contribution in [2.75, 3.05) is 5.32 Å². The van der Waals surface area contributed by atoms with E-state index in [1.165, 1.54) is 18.6 Å². The maximum Gasteiger partial charge on any atom is 0.224 e. The summed E-state index contributed by atoms with van der Waals surface area (Å²) in [5.74, 6) is -0.298. The maximum atomic E-state index is 16.0. The van der Waals surface area contributed by atoms with Crippen molar-refractivity contribution in [3.05, 3.63) is 67.3 Å². The molecule has 0 saturated carbocycles. The molecule has 0 spiro atoms. The number of carbonyl (C=O) groups excluding carboxylic acids is 1. The third kappa shape index (κ3) is 4.23. The fourth-order valence-electron chi connectivity index (χ4n) is 4.32. The van der Waals surface area contributed by atoms with E-state index in [9.17, 15) is 4.79 Å². The lowest BCUT2D eigenvalue weighted by molar-refractivity contribution is -0.116. The summed E-state index contributed by atoms with van der Waals surface area (Å²) in [5.41, 5.74) is 4.65. The van der Waals surface area contributed by atoms with E-state index in [0.717, 1.165) is 23.9 Å². The Morgan fingerprint density at radius 2 is 1.82 bits per heavy atom. The summed E-state index contributed by atoms with van der Waals surface area (Å²) in [5, 5.41) is 10.2. The van der Waals surface area contributed by atoms with Crippen molar-refractivity contribution in [2.45, 2.75) is 26.2 Å². The molecule has 11 heteroatoms. The quantitative estimate of drug-likeness (QED) is 0.267. The minimum atomic E-state index is -0.574. The standard InChI is InChI=1S/C27H22FN9O/c1-2-3-4-20(38)33-17-11-16(12-30-13-17)23-22(28)21-19(14-32-23)36-37-26(21)27-34-18-7-10-31-24(25(18)35-27)15-5-8-29-9-6-15/h5-14H,2-4H2,1H3,(H,33,38)(H,34,35)(H,36,37). The summed E-state index contributed by atoms with van der Waals surface area (Å²) in [6.45, 7) is 2.02. The van der Waals surface area contributed by atoms with E-state index < -0.39 is 5.82 Å². The van der Waals surface area contributed by atoms with Crippen molar-refractivity contribution in [1.82, 2.24) is 40.1 Å². The van der Waals surface area contributed by atoms with Crippen molar-refractivity contribution < 1.29 is 9.18 Å². The van der Waals surface area contributed by atoms with E-state index in [2.05, 4.69) is 40.4 Å². The SMILES string of the molecule is CCCCC(=O)Nc1cncc(-c2ncc3[nH]nc(-c4nc5c(-c6ccncc6)nccc5[nH]4)c3c2F)c1. The van der Waals surface area contributed by atoms with Gasteiger partial charge in [0.2, 0.25) is 5.91 Å². The molecule has 0 aromatic carbocycles. The Morgan fingerprint density at radius 3 is 2.66 bits per heavy atom. The molecule has 6 rings (SSSR count). The molecule has 188 valence electrons. The van der Waals surface area contributed by atoms with Crippen LogP contribution in [-0.2, 0) is 4.79 Å². The molecule has 3 N–H and O–H groups in total. The maximum absolute atomic E-state index is 16.0. The number of aromatic amines is 2. The Bertz CT molecular complexity index is 1780. The smallest absolute Gasteiger partial charge is 0.224 e. The molecule has 0 atom stereocenters. The van der Waals surface area contributed by atoms with Crippen molar-refractivity contribution in [3.63, 3.8) is 0 Å². The normalized spacial score (nSPS) is 11.3. The highest BCUT2D eigenvalue weighted by molar-refractivity contribution is 5.97. The first-order valence-electron chi connectivity index (χ1n) is 12.2. The van der Waals surface area contributed by atoms with Crippen LogP contribution in [0.4, 0.5) is 10.1 Å². The van der Waals surface area contributed by atoms with Gasteiger partial charge in [-0.05, 0) is 30.7 Å². The number of halogens is 1. The van der Waals surface area contributed by atoms with Gasteiger partial charge < -0.3 is 10.3 Å². The first-order chi connectivity index (χ1) is 18.6. The van der Waals surface area contributed by atoms with Crippen LogP contribution in [0.3, 0.4) is 0 Å². The van der Waals surface area contributed by atoms with Crippen molar-refractivity contribution in [2.24, 2.45) is 0 Å². The Hall–Kier alpha value is -5.06. The van der Waals surface area contributed by atoms with Crippen LogP contribution in [0.25, 0.3) is 56.0 Å². The summed E-state index contributed by atoms with van der Waals surface area (Å²) < 4.78 is 16.0. The number of pyridine rings is 4. The van der Waals surface area contributed by atoms with E-state index in [-0.39, 0.29) is 17.0 Å². The van der Waals surface area contributed by atoms with Gasteiger partial charge in [-0.3, -0.25) is 29.8 Å². The van der Waals surface area contributed by atoms with Gasteiger partial charge in [0.05, 0.1) is 40.2 Å². The van der Waals surface area contributed by atoms with E-state index >= 15 is 4.39 Å². The highest BCUT2D eigenvalue weighted by atomic mass is 19.1. The average Bonchev–Trinajstić information content (AvgIpc) is 3.57. The lowest BCUT2D eigenvalue weighted by Crippen LogP contribution is -2.11. The molecule has 0 aliphatic carbocycles. The fraction of sp³-hybridized carbons (Fsp3) is 0.148. The predicted octanol–water partition coefficient (Wildman–Crippen LogP) is 5.29. The molecule has 0 aliphatic heterocycles. The van der Waals surface area contributed by atoms with Crippen LogP contribution in [0.15, 0.2) is 61.4 Å². The van der Waals surface area contributed by atoms with E-state index in [1.54, 1.807) is 30.7 Å². The van der Waals surface area contributed by atoms with Crippen molar-refractivity contribution in [3.8, 4) is 34.0 Å². The molecule has 6 aromatic heterocycles. The zero-order valence-corrected chi connectivity index (χ0v) is 20.4. The van der Waals surface area contributed by atoms with E-state index in [4.69, 9.17) is 4.98 Å². The number of anilines is 1. The second-order valence-electron chi connectivity index (χ2n) is 8.77. The molecular weight excluding hydrogens is 485 g/mol. The number of H-pyrrole nitrogens is 2. The second kappa shape index (κ2) is 9.77. The Labute approximate surface area is 215 Å². The van der Waals surface area contributed by atoms with Crippen LogP contribution in [0, 0.1) is 5.82 Å². The lowest BCUT2D eigenvalue weighted by atomic mass is 10.1. The highest BCUT2D eigenvalue weighted by Gasteiger charge is 2.21. The first kappa shape index (κ1) is 23.3. The second-order valence-corrected chi connectivity index (χ2v) is 8.77. The largest absolute Gasteiger partial charge is 0.336 e. The van der Waals surface area contributed by atoms with Crippen LogP contribution >= 0.6 is 0 Å². The molecule has 0 unspecified atom stereocenters. The van der Waals surface area contributed by atoms with Crippen LogP contribution in [0.1, 0.15) is 26.2 Å². The third-order valence-electron chi connectivity index (χ3n) is 6.18. The summed E-state index contributed by atoms with van der Waals surface area (Å²) in [4.78, 5) is 37.2. The Balaban J connectivity index is 1.41. The van der Waals surface area contributed by atoms with Gasteiger partial charge in [-0.15, -0.1) is 0 Å². The fourth-order valence-corrected chi connectivity index (χ4v) is 4.32. The molecule has 6 aromatic rings. The molecule has 0 aliphatic rings. The number of nitrogens with zero attached hydrogens (tertiary/aromatic N) is 6. The monoisotopic (exact) mass is 507 g/mol. The van der Waals surface area contributed by atoms with Crippen LogP contribution in [-0.4, -0.2) is 46.0 Å². The van der Waals surface area contributed by atoms with Crippen LogP contribution in [0.5, 0.6) is 0 Å². The lowest BCUT2D eigenvalue weighted by Gasteiger charge is -2.08. The zero-order chi connectivity index (χ0) is 26.1. The number of amides is 1. The van der Waals surface area contributed by atoms with Crippen LogP contribution < -0.4 is 5.32 Å². The van der Waals surface area contributed by atoms with E-state index in [0.29, 0.717) is 45.9 Å². The number of unbranched alkanes of at least 4 members (excludes halogenated alkanes) is 1. The number of hydrogen-bond donors (Lipinski definition) is 3. The molecule has 38 heavy (non-hydrogen) atoms. The Morgan fingerprint density at radius 1 is 0.947 bits per heavy atom. The van der Waals surface area contributed by atoms with Gasteiger partial charge >= 0.3 is 0 Å². The molecule has 10 nitrogen and oxygen atoms in total. The van der Waals surface area contributed by atoms with E-state index in [1.807, 2.05) is 19.1 Å². The Kier molecular flexibility index (Phi) is 6.00. The number of fused-ring (bicyclic) bond motifs is 2. The third-order valence-corrected chi connectivity index (χ3v) is 6.18. The van der Waals surface area contributed by atoms with Gasteiger partial charge in [0.1, 0.15) is 16.9 Å². The summed E-state index contributed by atoms with van der Waals surface area (Å²) in [7, 11) is 0. The molecule has 0 bridgehead atoms. The molecule has 0 fully saturated rings. The zero-order valence-electron chi connectivity index (χ0n) is 20.4. The molecule has 1 amide bonds. The average molecular weight is 508 g/mol. The van der Waals surface area contributed by atoms with Gasteiger partial charge in [-0.1, -0.05) is 13.3 Å². The van der Waals surface area contributed by atoms with Crippen LogP contribution in [0.2, 0.25) is 0 Å². The molecular formula is C27H22FN9O. The highest BCUT2D eigenvalue weighted by Crippen LogP contribution is 2.34. The van der Waals surface area contributed by atoms with Crippen molar-refractivity contribution >= 4 is 33.5 Å². The first-order valence-corrected chi connectivity index (χ1v) is 12.2. The summed E-state index contributed by atoms with van der Waals surface area (Å²) >= 11 is 0. The van der Waals surface area contributed by atoms with Gasteiger partial charge in [0, 0.05) is 42.3 Å². The van der Waals surface area contributed by atoms with Crippen molar-refractivity contribution in [1.29, 1.82) is 0 Å². The van der Waals surface area contributed by atoms with Gasteiger partial charge in [0.15, 0.2) is 11.6 Å². The molecule has 0 radical (unpaired) electrons.